The Labute approximate surface area is 158 Å². The number of carbonyl (C=O) groups is 1. The number of para-hydroxylation sites is 2. The monoisotopic (exact) mass is 406 g/mol. The van der Waals surface area contributed by atoms with Gasteiger partial charge in [0.05, 0.1) is 9.82 Å². The van der Waals surface area contributed by atoms with E-state index in [1.54, 1.807) is 0 Å². The Morgan fingerprint density at radius 2 is 1.70 bits per heavy atom. The molecule has 0 saturated heterocycles. The third-order valence-electron chi connectivity index (χ3n) is 3.54. The van der Waals surface area contributed by atoms with Gasteiger partial charge in [0.25, 0.3) is 11.6 Å². The maximum atomic E-state index is 12.5. The van der Waals surface area contributed by atoms with E-state index in [0.717, 1.165) is 6.07 Å². The lowest BCUT2D eigenvalue weighted by Gasteiger charge is -2.04. The summed E-state index contributed by atoms with van der Waals surface area (Å²) in [6.45, 7) is 0. The van der Waals surface area contributed by atoms with Gasteiger partial charge in [-0.3, -0.25) is 14.9 Å². The molecule has 138 valence electrons. The Morgan fingerprint density at radius 3 is 2.37 bits per heavy atom. The van der Waals surface area contributed by atoms with Gasteiger partial charge in [-0.2, -0.15) is 0 Å². The zero-order valence-corrected chi connectivity index (χ0v) is 15.0. The van der Waals surface area contributed by atoms with Crippen molar-refractivity contribution >= 4 is 38.7 Å². The van der Waals surface area contributed by atoms with Gasteiger partial charge in [-0.25, -0.2) is 8.42 Å². The molecule has 1 N–H and O–H groups in total. The number of hydrogen-bond donors (Lipinski definition) is 1. The first kappa shape index (κ1) is 18.6. The van der Waals surface area contributed by atoms with Crippen molar-refractivity contribution in [3.05, 3.63) is 81.6 Å². The number of rotatable bonds is 5. The van der Waals surface area contributed by atoms with Gasteiger partial charge in [0.2, 0.25) is 14.9 Å². The first-order chi connectivity index (χ1) is 12.8. The van der Waals surface area contributed by atoms with Crippen LogP contribution in [-0.4, -0.2) is 19.2 Å². The molecule has 2 aromatic carbocycles. The molecule has 0 aliphatic heterocycles. The van der Waals surface area contributed by atoms with Crippen LogP contribution in [0.5, 0.6) is 0 Å². The van der Waals surface area contributed by atoms with Crippen molar-refractivity contribution in [2.24, 2.45) is 0 Å². The molecule has 0 saturated carbocycles. The molecule has 0 spiro atoms. The fourth-order valence-corrected chi connectivity index (χ4v) is 3.54. The minimum absolute atomic E-state index is 0.0361. The van der Waals surface area contributed by atoms with E-state index < -0.39 is 25.8 Å². The summed E-state index contributed by atoms with van der Waals surface area (Å²) in [4.78, 5) is 22.6. The SMILES string of the molecule is O=C(Nc1ccccc1[N+](=O)[O-])c1ccc(S(=O)(=O)c2ccc(Cl)cc2)o1. The van der Waals surface area contributed by atoms with Crippen molar-refractivity contribution in [2.45, 2.75) is 9.99 Å². The number of hydrogen-bond acceptors (Lipinski definition) is 6. The molecule has 0 aliphatic rings. The summed E-state index contributed by atoms with van der Waals surface area (Å²) >= 11 is 5.75. The summed E-state index contributed by atoms with van der Waals surface area (Å²) in [5.74, 6) is -1.12. The minimum Gasteiger partial charge on any atom is -0.439 e. The fourth-order valence-electron chi connectivity index (χ4n) is 2.24. The lowest BCUT2D eigenvalue weighted by molar-refractivity contribution is -0.383. The highest BCUT2D eigenvalue weighted by Crippen LogP contribution is 2.26. The van der Waals surface area contributed by atoms with Crippen molar-refractivity contribution in [1.29, 1.82) is 0 Å². The predicted molar refractivity (Wildman–Crippen MR) is 96.7 cm³/mol. The van der Waals surface area contributed by atoms with Crippen LogP contribution in [0.4, 0.5) is 11.4 Å². The number of halogens is 1. The van der Waals surface area contributed by atoms with E-state index in [1.165, 1.54) is 54.6 Å². The van der Waals surface area contributed by atoms with Crippen molar-refractivity contribution in [2.75, 3.05) is 5.32 Å². The van der Waals surface area contributed by atoms with E-state index in [1.807, 2.05) is 0 Å². The van der Waals surface area contributed by atoms with E-state index in [4.69, 9.17) is 16.0 Å². The maximum absolute atomic E-state index is 12.5. The fraction of sp³-hybridized carbons (Fsp3) is 0. The van der Waals surface area contributed by atoms with E-state index in [2.05, 4.69) is 5.32 Å². The Bertz CT molecular complexity index is 1120. The van der Waals surface area contributed by atoms with E-state index >= 15 is 0 Å². The van der Waals surface area contributed by atoms with Crippen LogP contribution in [-0.2, 0) is 9.84 Å². The Morgan fingerprint density at radius 1 is 1.04 bits per heavy atom. The number of amides is 1. The first-order valence-corrected chi connectivity index (χ1v) is 9.30. The maximum Gasteiger partial charge on any atom is 0.292 e. The number of anilines is 1. The third-order valence-corrected chi connectivity index (χ3v) is 5.44. The standard InChI is InChI=1S/C17H11ClN2O6S/c18-11-5-7-12(8-6-11)27(24,25)16-10-9-15(26-16)17(21)19-13-3-1-2-4-14(13)20(22)23/h1-10H,(H,19,21). The molecule has 0 unspecified atom stereocenters. The molecular formula is C17H11ClN2O6S. The predicted octanol–water partition coefficient (Wildman–Crippen LogP) is 3.93. The van der Waals surface area contributed by atoms with Crippen LogP contribution in [0.15, 0.2) is 75.1 Å². The summed E-state index contributed by atoms with van der Waals surface area (Å²) < 4.78 is 30.2. The van der Waals surface area contributed by atoms with Gasteiger partial charge >= 0.3 is 0 Å². The smallest absolute Gasteiger partial charge is 0.292 e. The highest BCUT2D eigenvalue weighted by molar-refractivity contribution is 7.91. The molecule has 27 heavy (non-hydrogen) atoms. The number of nitrogens with zero attached hydrogens (tertiary/aromatic N) is 1. The van der Waals surface area contributed by atoms with Crippen LogP contribution in [0, 0.1) is 10.1 Å². The van der Waals surface area contributed by atoms with Crippen molar-refractivity contribution < 1.29 is 22.6 Å². The quantitative estimate of drug-likeness (QED) is 0.506. The Kier molecular flexibility index (Phi) is 4.98. The molecule has 1 heterocycles. The van der Waals surface area contributed by atoms with Gasteiger partial charge in [0.1, 0.15) is 5.69 Å². The minimum atomic E-state index is -3.98. The number of sulfone groups is 1. The van der Waals surface area contributed by atoms with Gasteiger partial charge in [0.15, 0.2) is 5.76 Å². The van der Waals surface area contributed by atoms with E-state index in [9.17, 15) is 23.3 Å². The van der Waals surface area contributed by atoms with E-state index in [0.29, 0.717) is 5.02 Å². The second-order valence-corrected chi connectivity index (χ2v) is 7.62. The number of nitrogens with one attached hydrogen (secondary N) is 1. The van der Waals surface area contributed by atoms with Gasteiger partial charge < -0.3 is 9.73 Å². The lowest BCUT2D eigenvalue weighted by Crippen LogP contribution is -2.12. The molecule has 0 aliphatic carbocycles. The van der Waals surface area contributed by atoms with Gasteiger partial charge in [0, 0.05) is 11.1 Å². The lowest BCUT2D eigenvalue weighted by atomic mass is 10.2. The summed E-state index contributed by atoms with van der Waals surface area (Å²) in [5, 5.41) is 13.3. The number of carbonyl (C=O) groups excluding carboxylic acids is 1. The molecule has 3 aromatic rings. The van der Waals surface area contributed by atoms with Gasteiger partial charge in [-0.15, -0.1) is 0 Å². The van der Waals surface area contributed by atoms with Crippen LogP contribution in [0.2, 0.25) is 5.02 Å². The summed E-state index contributed by atoms with van der Waals surface area (Å²) in [5.41, 5.74) is -0.336. The molecule has 8 nitrogen and oxygen atoms in total. The number of nitro groups is 1. The largest absolute Gasteiger partial charge is 0.439 e. The second-order valence-electron chi connectivity index (χ2n) is 5.30. The normalized spacial score (nSPS) is 11.1. The average molecular weight is 407 g/mol. The van der Waals surface area contributed by atoms with Crippen molar-refractivity contribution in [1.82, 2.24) is 0 Å². The Hall–Kier alpha value is -3.17. The molecule has 1 amide bonds. The summed E-state index contributed by atoms with van der Waals surface area (Å²) in [6, 6.07) is 13.3. The molecule has 1 aromatic heterocycles. The van der Waals surface area contributed by atoms with Crippen LogP contribution < -0.4 is 5.32 Å². The van der Waals surface area contributed by atoms with E-state index in [-0.39, 0.29) is 22.0 Å². The number of benzene rings is 2. The Balaban J connectivity index is 1.86. The highest BCUT2D eigenvalue weighted by Gasteiger charge is 2.24. The van der Waals surface area contributed by atoms with Crippen molar-refractivity contribution in [3.63, 3.8) is 0 Å². The summed E-state index contributed by atoms with van der Waals surface area (Å²) in [6.07, 6.45) is 0. The molecule has 0 radical (unpaired) electrons. The molecular weight excluding hydrogens is 396 g/mol. The first-order valence-electron chi connectivity index (χ1n) is 7.44. The number of furan rings is 1. The zero-order valence-electron chi connectivity index (χ0n) is 13.5. The van der Waals surface area contributed by atoms with Crippen LogP contribution in [0.1, 0.15) is 10.6 Å². The second kappa shape index (κ2) is 7.22. The molecule has 0 bridgehead atoms. The molecule has 0 fully saturated rings. The van der Waals surface area contributed by atoms with Gasteiger partial charge in [-0.1, -0.05) is 23.7 Å². The molecule has 3 rings (SSSR count). The summed E-state index contributed by atoms with van der Waals surface area (Å²) in [7, 11) is -3.98. The van der Waals surface area contributed by atoms with Crippen LogP contribution in [0.3, 0.4) is 0 Å². The average Bonchev–Trinajstić information content (AvgIpc) is 3.13. The molecule has 0 atom stereocenters. The van der Waals surface area contributed by atoms with Gasteiger partial charge in [-0.05, 0) is 42.5 Å². The topological polar surface area (TPSA) is 120 Å². The van der Waals surface area contributed by atoms with Crippen LogP contribution in [0.25, 0.3) is 0 Å². The third kappa shape index (κ3) is 3.83. The van der Waals surface area contributed by atoms with Crippen LogP contribution >= 0.6 is 11.6 Å². The highest BCUT2D eigenvalue weighted by atomic mass is 35.5. The zero-order chi connectivity index (χ0) is 19.6. The molecule has 10 heteroatoms. The number of nitro benzene ring substituents is 1. The van der Waals surface area contributed by atoms with Crippen molar-refractivity contribution in [3.8, 4) is 0 Å².